The summed E-state index contributed by atoms with van der Waals surface area (Å²) >= 11 is 0. The Morgan fingerprint density at radius 2 is 2.25 bits per heavy atom. The van der Waals surface area contributed by atoms with E-state index in [4.69, 9.17) is 4.74 Å². The lowest BCUT2D eigenvalue weighted by Gasteiger charge is -2.15. The number of carbonyl (C=O) groups is 1. The van der Waals surface area contributed by atoms with Gasteiger partial charge in [0.25, 0.3) is 0 Å². The van der Waals surface area contributed by atoms with Crippen LogP contribution in [0.4, 0.5) is 3.89 Å². The topological polar surface area (TPSA) is 76.6 Å². The molecule has 0 aliphatic carbocycles. The van der Waals surface area contributed by atoms with E-state index >= 15 is 0 Å². The van der Waals surface area contributed by atoms with Crippen molar-refractivity contribution in [2.45, 2.75) is 25.1 Å². The Morgan fingerprint density at radius 3 is 2.75 bits per heavy atom. The Balaban J connectivity index is 2.01. The normalized spacial score (nSPS) is 19.4. The van der Waals surface area contributed by atoms with Gasteiger partial charge in [0.1, 0.15) is 5.25 Å². The van der Waals surface area contributed by atoms with E-state index in [0.29, 0.717) is 12.5 Å². The molecule has 6 nitrogen and oxygen atoms in total. The third-order valence-electron chi connectivity index (χ3n) is 3.04. The molecule has 8 heteroatoms. The Labute approximate surface area is 116 Å². The average molecular weight is 302 g/mol. The summed E-state index contributed by atoms with van der Waals surface area (Å²) < 4.78 is 39.7. The zero-order valence-corrected chi connectivity index (χ0v) is 11.8. The van der Waals surface area contributed by atoms with Gasteiger partial charge in [0.15, 0.2) is 0 Å². The maximum absolute atomic E-state index is 12.9. The van der Waals surface area contributed by atoms with Crippen molar-refractivity contribution < 1.29 is 21.8 Å². The van der Waals surface area contributed by atoms with Gasteiger partial charge in [-0.2, -0.15) is 8.42 Å². The van der Waals surface area contributed by atoms with E-state index in [1.54, 1.807) is 18.3 Å². The van der Waals surface area contributed by atoms with Crippen LogP contribution in [0.15, 0.2) is 18.3 Å². The van der Waals surface area contributed by atoms with E-state index in [-0.39, 0.29) is 25.4 Å². The number of rotatable bonds is 5. The van der Waals surface area contributed by atoms with Crippen LogP contribution in [-0.2, 0) is 21.6 Å². The summed E-state index contributed by atoms with van der Waals surface area (Å²) in [4.78, 5) is 17.0. The van der Waals surface area contributed by atoms with Crippen molar-refractivity contribution >= 4 is 16.1 Å². The zero-order valence-electron chi connectivity index (χ0n) is 11.0. The van der Waals surface area contributed by atoms with Crippen LogP contribution in [0, 0.1) is 0 Å². The second-order valence-electron chi connectivity index (χ2n) is 4.51. The predicted octanol–water partition coefficient (Wildman–Crippen LogP) is 0.881. The summed E-state index contributed by atoms with van der Waals surface area (Å²) in [5.41, 5.74) is 0.735. The second-order valence-corrected chi connectivity index (χ2v) is 6.13. The number of hydrogen-bond donors (Lipinski definition) is 0. The molecule has 0 bridgehead atoms. The van der Waals surface area contributed by atoms with Gasteiger partial charge in [-0.25, -0.2) is 4.98 Å². The molecule has 1 aromatic heterocycles. The minimum atomic E-state index is -4.67. The Morgan fingerprint density at radius 1 is 1.50 bits per heavy atom. The summed E-state index contributed by atoms with van der Waals surface area (Å²) in [6.07, 6.45) is 1.25. The molecule has 1 amide bonds. The molecule has 0 N–H and O–H groups in total. The van der Waals surface area contributed by atoms with Crippen LogP contribution in [0.5, 0.6) is 5.88 Å². The lowest BCUT2D eigenvalue weighted by molar-refractivity contribution is -0.128. The molecule has 1 atom stereocenters. The van der Waals surface area contributed by atoms with E-state index in [2.05, 4.69) is 4.98 Å². The fourth-order valence-electron chi connectivity index (χ4n) is 2.04. The van der Waals surface area contributed by atoms with Crippen LogP contribution >= 0.6 is 0 Å². The Bertz CT molecular complexity index is 588. The molecule has 1 saturated heterocycles. The SMILES string of the molecule is CCOc1ccc(CN2CC(S(=O)(=O)F)CC2=O)cn1. The number of carbonyl (C=O) groups excluding carboxylic acids is 1. The van der Waals surface area contributed by atoms with Gasteiger partial charge in [0.2, 0.25) is 11.8 Å². The fourth-order valence-corrected chi connectivity index (χ4v) is 2.74. The van der Waals surface area contributed by atoms with E-state index < -0.39 is 15.5 Å². The first kappa shape index (κ1) is 14.7. The molecule has 1 unspecified atom stereocenters. The number of nitrogens with zero attached hydrogens (tertiary/aromatic N) is 2. The fraction of sp³-hybridized carbons (Fsp3) is 0.500. The van der Waals surface area contributed by atoms with Crippen molar-refractivity contribution in [2.75, 3.05) is 13.2 Å². The second kappa shape index (κ2) is 5.74. The monoisotopic (exact) mass is 302 g/mol. The molecule has 1 aromatic rings. The molecule has 20 heavy (non-hydrogen) atoms. The molecule has 2 rings (SSSR count). The number of halogens is 1. The summed E-state index contributed by atoms with van der Waals surface area (Å²) in [7, 11) is -4.67. The quantitative estimate of drug-likeness (QED) is 0.755. The predicted molar refractivity (Wildman–Crippen MR) is 69.3 cm³/mol. The molecular formula is C12H15FN2O4S. The van der Waals surface area contributed by atoms with Crippen molar-refractivity contribution in [1.29, 1.82) is 0 Å². The Kier molecular flexibility index (Phi) is 4.22. The number of aromatic nitrogens is 1. The van der Waals surface area contributed by atoms with E-state index in [1.807, 2.05) is 6.92 Å². The Hall–Kier alpha value is -1.70. The van der Waals surface area contributed by atoms with Crippen LogP contribution < -0.4 is 4.74 Å². The molecule has 2 heterocycles. The van der Waals surface area contributed by atoms with Crippen LogP contribution in [0.1, 0.15) is 18.9 Å². The van der Waals surface area contributed by atoms with Crippen LogP contribution in [-0.4, -0.2) is 42.6 Å². The maximum atomic E-state index is 12.9. The van der Waals surface area contributed by atoms with Crippen molar-refractivity contribution in [2.24, 2.45) is 0 Å². The minimum Gasteiger partial charge on any atom is -0.478 e. The average Bonchev–Trinajstić information content (AvgIpc) is 2.74. The van der Waals surface area contributed by atoms with E-state index in [0.717, 1.165) is 5.56 Å². The minimum absolute atomic E-state index is 0.120. The molecule has 110 valence electrons. The largest absolute Gasteiger partial charge is 0.478 e. The number of ether oxygens (including phenoxy) is 1. The highest BCUT2D eigenvalue weighted by Crippen LogP contribution is 2.21. The van der Waals surface area contributed by atoms with Crippen LogP contribution in [0.2, 0.25) is 0 Å². The summed E-state index contributed by atoms with van der Waals surface area (Å²) in [5, 5.41) is -1.26. The lowest BCUT2D eigenvalue weighted by atomic mass is 10.2. The summed E-state index contributed by atoms with van der Waals surface area (Å²) in [6.45, 7) is 2.44. The van der Waals surface area contributed by atoms with Gasteiger partial charge in [-0.15, -0.1) is 3.89 Å². The molecule has 1 fully saturated rings. The summed E-state index contributed by atoms with van der Waals surface area (Å²) in [6, 6.07) is 3.41. The molecule has 1 aliphatic heterocycles. The van der Waals surface area contributed by atoms with Crippen molar-refractivity contribution in [3.63, 3.8) is 0 Å². The molecule has 1 aliphatic rings. The molecule has 0 spiro atoms. The smallest absolute Gasteiger partial charge is 0.307 e. The lowest BCUT2D eigenvalue weighted by Crippen LogP contribution is -2.26. The first-order chi connectivity index (χ1) is 9.40. The van der Waals surface area contributed by atoms with Gasteiger partial charge in [0, 0.05) is 31.8 Å². The van der Waals surface area contributed by atoms with Gasteiger partial charge in [0.05, 0.1) is 6.61 Å². The van der Waals surface area contributed by atoms with Crippen LogP contribution in [0.25, 0.3) is 0 Å². The van der Waals surface area contributed by atoms with Gasteiger partial charge >= 0.3 is 10.2 Å². The number of likely N-dealkylation sites (tertiary alicyclic amines) is 1. The first-order valence-electron chi connectivity index (χ1n) is 6.19. The highest BCUT2D eigenvalue weighted by atomic mass is 32.3. The number of hydrogen-bond acceptors (Lipinski definition) is 5. The van der Waals surface area contributed by atoms with Crippen molar-refractivity contribution in [3.05, 3.63) is 23.9 Å². The van der Waals surface area contributed by atoms with Gasteiger partial charge < -0.3 is 9.64 Å². The highest BCUT2D eigenvalue weighted by Gasteiger charge is 2.38. The number of pyridine rings is 1. The van der Waals surface area contributed by atoms with Gasteiger partial charge in [-0.3, -0.25) is 4.79 Å². The maximum Gasteiger partial charge on any atom is 0.307 e. The van der Waals surface area contributed by atoms with E-state index in [1.165, 1.54) is 4.90 Å². The van der Waals surface area contributed by atoms with Gasteiger partial charge in [-0.1, -0.05) is 6.07 Å². The van der Waals surface area contributed by atoms with Crippen LogP contribution in [0.3, 0.4) is 0 Å². The third kappa shape index (κ3) is 3.44. The molecular weight excluding hydrogens is 287 g/mol. The zero-order chi connectivity index (χ0) is 14.8. The summed E-state index contributed by atoms with van der Waals surface area (Å²) in [5.74, 6) is 0.110. The van der Waals surface area contributed by atoms with Crippen molar-refractivity contribution in [1.82, 2.24) is 9.88 Å². The highest BCUT2D eigenvalue weighted by molar-refractivity contribution is 7.87. The molecule has 0 radical (unpaired) electrons. The third-order valence-corrected chi connectivity index (χ3v) is 4.15. The standard InChI is InChI=1S/C12H15FN2O4S/c1-2-19-11-4-3-9(6-14-11)7-15-8-10(5-12(15)16)20(13,17)18/h3-4,6,10H,2,5,7-8H2,1H3. The first-order valence-corrected chi connectivity index (χ1v) is 7.63. The number of amides is 1. The molecule has 0 aromatic carbocycles. The van der Waals surface area contributed by atoms with Gasteiger partial charge in [-0.05, 0) is 12.5 Å². The van der Waals surface area contributed by atoms with Crippen molar-refractivity contribution in [3.8, 4) is 5.88 Å². The molecule has 0 saturated carbocycles. The van der Waals surface area contributed by atoms with E-state index in [9.17, 15) is 17.1 Å².